The smallest absolute Gasteiger partial charge is 0.383 e. The maximum atomic E-state index is 13.1. The van der Waals surface area contributed by atoms with Crippen LogP contribution in [0.2, 0.25) is 0 Å². The molecule has 0 saturated heterocycles. The lowest BCUT2D eigenvalue weighted by Crippen LogP contribution is -2.31. The first-order chi connectivity index (χ1) is 15.1. The Balaban J connectivity index is 1.81. The number of hydrogen-bond donors (Lipinski definition) is 1. The molecule has 10 heteroatoms. The predicted octanol–water partition coefficient (Wildman–Crippen LogP) is 3.40. The number of aliphatic imine (C=N–C) groups is 1. The Morgan fingerprint density at radius 3 is 2.44 bits per heavy atom. The normalized spacial score (nSPS) is 14.5. The molecule has 2 aromatic carbocycles. The molecule has 1 heterocycles. The number of nitrogens with one attached hydrogen (secondary N) is 1. The SMILES string of the molecule is C#CCN(C(=O)c1ccc2c(c1)C=NC(C)N2)c1ccc(C(=O)OC(=O)C(F)(F)F)cc1. The number of esters is 2. The molecule has 1 aliphatic rings. The maximum Gasteiger partial charge on any atom is 0.491 e. The number of carbonyl (C=O) groups excluding carboxylic acids is 3. The summed E-state index contributed by atoms with van der Waals surface area (Å²) in [5.74, 6) is -2.14. The molecule has 2 aromatic rings. The second-order valence-electron chi connectivity index (χ2n) is 6.72. The molecule has 164 valence electrons. The lowest BCUT2D eigenvalue weighted by Gasteiger charge is -2.23. The third-order valence-electron chi connectivity index (χ3n) is 4.43. The first kappa shape index (κ1) is 22.6. The lowest BCUT2D eigenvalue weighted by atomic mass is 10.1. The summed E-state index contributed by atoms with van der Waals surface area (Å²) < 4.78 is 40.6. The number of amides is 1. The van der Waals surface area contributed by atoms with Crippen molar-refractivity contribution >= 4 is 35.4 Å². The van der Waals surface area contributed by atoms with Crippen molar-refractivity contribution in [3.63, 3.8) is 0 Å². The van der Waals surface area contributed by atoms with E-state index in [1.807, 2.05) is 6.92 Å². The number of hydrogen-bond acceptors (Lipinski definition) is 6. The minimum absolute atomic E-state index is 0.0846. The molecule has 1 aliphatic heterocycles. The van der Waals surface area contributed by atoms with Gasteiger partial charge in [-0.05, 0) is 49.4 Å². The van der Waals surface area contributed by atoms with Crippen LogP contribution in [0.25, 0.3) is 0 Å². The van der Waals surface area contributed by atoms with Gasteiger partial charge in [-0.1, -0.05) is 5.92 Å². The van der Waals surface area contributed by atoms with Crippen LogP contribution in [-0.2, 0) is 9.53 Å². The van der Waals surface area contributed by atoms with Crippen LogP contribution in [0, 0.1) is 12.3 Å². The Hall–Kier alpha value is -4.13. The molecule has 0 aliphatic carbocycles. The second kappa shape index (κ2) is 8.93. The number of terminal acetylenes is 1. The fourth-order valence-corrected chi connectivity index (χ4v) is 2.89. The summed E-state index contributed by atoms with van der Waals surface area (Å²) in [5.41, 5.74) is 1.88. The van der Waals surface area contributed by atoms with Crippen LogP contribution in [0.5, 0.6) is 0 Å². The van der Waals surface area contributed by atoms with Gasteiger partial charge in [0.25, 0.3) is 5.91 Å². The summed E-state index contributed by atoms with van der Waals surface area (Å²) in [7, 11) is 0. The minimum Gasteiger partial charge on any atom is -0.383 e. The molecule has 1 N–H and O–H groups in total. The molecule has 32 heavy (non-hydrogen) atoms. The molecule has 0 radical (unpaired) electrons. The van der Waals surface area contributed by atoms with E-state index >= 15 is 0 Å². The molecule has 0 fully saturated rings. The molecule has 0 saturated carbocycles. The van der Waals surface area contributed by atoms with Crippen molar-refractivity contribution in [2.45, 2.75) is 19.3 Å². The second-order valence-corrected chi connectivity index (χ2v) is 6.72. The van der Waals surface area contributed by atoms with Crippen molar-refractivity contribution in [2.75, 3.05) is 16.8 Å². The third-order valence-corrected chi connectivity index (χ3v) is 4.43. The van der Waals surface area contributed by atoms with Crippen LogP contribution in [0.3, 0.4) is 0 Å². The van der Waals surface area contributed by atoms with Gasteiger partial charge >= 0.3 is 18.1 Å². The molecular formula is C22H16F3N3O4. The highest BCUT2D eigenvalue weighted by Gasteiger charge is 2.42. The van der Waals surface area contributed by atoms with E-state index in [9.17, 15) is 27.6 Å². The van der Waals surface area contributed by atoms with Crippen LogP contribution in [0.1, 0.15) is 33.2 Å². The van der Waals surface area contributed by atoms with Gasteiger partial charge in [0.05, 0.1) is 12.1 Å². The van der Waals surface area contributed by atoms with Gasteiger partial charge in [0, 0.05) is 28.7 Å². The maximum absolute atomic E-state index is 13.1. The zero-order valence-corrected chi connectivity index (χ0v) is 16.6. The fourth-order valence-electron chi connectivity index (χ4n) is 2.89. The fraction of sp³-hybridized carbons (Fsp3) is 0.182. The van der Waals surface area contributed by atoms with E-state index in [2.05, 4.69) is 21.0 Å². The predicted molar refractivity (Wildman–Crippen MR) is 111 cm³/mol. The number of fused-ring (bicyclic) bond motifs is 1. The van der Waals surface area contributed by atoms with E-state index in [1.165, 1.54) is 17.0 Å². The van der Waals surface area contributed by atoms with E-state index in [0.29, 0.717) is 11.3 Å². The van der Waals surface area contributed by atoms with Gasteiger partial charge in [0.15, 0.2) is 0 Å². The zero-order chi connectivity index (χ0) is 23.5. The van der Waals surface area contributed by atoms with Crippen LogP contribution in [-0.4, -0.2) is 42.9 Å². The Morgan fingerprint density at radius 2 is 1.81 bits per heavy atom. The van der Waals surface area contributed by atoms with E-state index in [4.69, 9.17) is 6.42 Å². The number of rotatable bonds is 4. The molecule has 3 rings (SSSR count). The van der Waals surface area contributed by atoms with E-state index < -0.39 is 24.0 Å². The topological polar surface area (TPSA) is 88.1 Å². The number of carbonyl (C=O) groups is 3. The summed E-state index contributed by atoms with van der Waals surface area (Å²) in [6, 6.07) is 9.90. The highest BCUT2D eigenvalue weighted by atomic mass is 19.4. The van der Waals surface area contributed by atoms with Crippen LogP contribution >= 0.6 is 0 Å². The first-order valence-corrected chi connectivity index (χ1v) is 9.22. The van der Waals surface area contributed by atoms with E-state index in [0.717, 1.165) is 23.4 Å². The number of benzene rings is 2. The third kappa shape index (κ3) is 4.95. The highest BCUT2D eigenvalue weighted by Crippen LogP contribution is 2.24. The highest BCUT2D eigenvalue weighted by molar-refractivity contribution is 6.08. The molecule has 1 unspecified atom stereocenters. The van der Waals surface area contributed by atoms with Crippen LogP contribution in [0.4, 0.5) is 24.5 Å². The first-order valence-electron chi connectivity index (χ1n) is 9.22. The van der Waals surface area contributed by atoms with Gasteiger partial charge in [0.2, 0.25) is 0 Å². The molecule has 0 spiro atoms. The van der Waals surface area contributed by atoms with E-state index in [1.54, 1.807) is 24.4 Å². The van der Waals surface area contributed by atoms with Crippen molar-refractivity contribution in [3.8, 4) is 12.3 Å². The average molecular weight is 443 g/mol. The standard InChI is InChI=1S/C22H16F3N3O4/c1-3-10-28(19(29)15-6-9-18-16(11-15)12-26-13(2)27-18)17-7-4-14(5-8-17)20(30)32-21(31)22(23,24)25/h1,4-9,11-13,27H,10H2,2H3. The van der Waals surface area contributed by atoms with Crippen LogP contribution in [0.15, 0.2) is 47.5 Å². The molecular weight excluding hydrogens is 427 g/mol. The van der Waals surface area contributed by atoms with Gasteiger partial charge in [0.1, 0.15) is 6.17 Å². The van der Waals surface area contributed by atoms with Crippen molar-refractivity contribution in [2.24, 2.45) is 4.99 Å². The Labute approximate surface area is 180 Å². The molecule has 7 nitrogen and oxygen atoms in total. The van der Waals surface area contributed by atoms with Crippen molar-refractivity contribution in [1.29, 1.82) is 0 Å². The minimum atomic E-state index is -5.29. The number of alkyl halides is 3. The van der Waals surface area contributed by atoms with Crippen molar-refractivity contribution < 1.29 is 32.3 Å². The Morgan fingerprint density at radius 1 is 1.16 bits per heavy atom. The Kier molecular flexibility index (Phi) is 6.30. The van der Waals surface area contributed by atoms with Gasteiger partial charge in [-0.25, -0.2) is 9.59 Å². The summed E-state index contributed by atoms with van der Waals surface area (Å²) in [6.45, 7) is 1.78. The summed E-state index contributed by atoms with van der Waals surface area (Å²) in [4.78, 5) is 41.1. The average Bonchev–Trinajstić information content (AvgIpc) is 2.76. The number of ether oxygens (including phenoxy) is 1. The Bertz CT molecular complexity index is 1130. The van der Waals surface area contributed by atoms with Crippen molar-refractivity contribution in [1.82, 2.24) is 0 Å². The largest absolute Gasteiger partial charge is 0.491 e. The number of halogens is 3. The number of anilines is 2. The monoisotopic (exact) mass is 443 g/mol. The number of nitrogens with zero attached hydrogens (tertiary/aromatic N) is 2. The zero-order valence-electron chi connectivity index (χ0n) is 16.6. The van der Waals surface area contributed by atoms with Crippen molar-refractivity contribution in [3.05, 3.63) is 59.2 Å². The lowest BCUT2D eigenvalue weighted by molar-refractivity contribution is -0.193. The van der Waals surface area contributed by atoms with E-state index in [-0.39, 0.29) is 18.3 Å². The molecule has 1 amide bonds. The van der Waals surface area contributed by atoms with Gasteiger partial charge in [-0.2, -0.15) is 13.2 Å². The van der Waals surface area contributed by atoms with Crippen LogP contribution < -0.4 is 10.2 Å². The molecule has 1 atom stereocenters. The molecule has 0 bridgehead atoms. The van der Waals surface area contributed by atoms with Gasteiger partial charge < -0.3 is 10.1 Å². The summed E-state index contributed by atoms with van der Waals surface area (Å²) in [5, 5.41) is 3.16. The summed E-state index contributed by atoms with van der Waals surface area (Å²) in [6.07, 6.45) is 1.67. The summed E-state index contributed by atoms with van der Waals surface area (Å²) >= 11 is 0. The molecule has 0 aromatic heterocycles. The quantitative estimate of drug-likeness (QED) is 0.445. The van der Waals surface area contributed by atoms with Gasteiger partial charge in [-0.15, -0.1) is 6.42 Å². The van der Waals surface area contributed by atoms with Gasteiger partial charge in [-0.3, -0.25) is 14.7 Å².